The molecule has 0 aliphatic heterocycles. The van der Waals surface area contributed by atoms with Gasteiger partial charge in [-0.1, -0.05) is 31.8 Å². The van der Waals surface area contributed by atoms with E-state index in [1.165, 1.54) is 0 Å². The molecule has 0 rings (SSSR count). The summed E-state index contributed by atoms with van der Waals surface area (Å²) in [5.74, 6) is 5.55. The van der Waals surface area contributed by atoms with E-state index in [1.54, 1.807) is 6.08 Å². The van der Waals surface area contributed by atoms with E-state index < -0.39 is 0 Å². The van der Waals surface area contributed by atoms with Gasteiger partial charge in [-0.05, 0) is 12.5 Å². The standard InChI is InChI=1S/C8H11Cl/c1-3-5-7-8(9)6-4-2/h3,8H,1,4,6H2,2H3. The van der Waals surface area contributed by atoms with E-state index in [4.69, 9.17) is 11.6 Å². The highest BCUT2D eigenvalue weighted by Crippen LogP contribution is 2.02. The molecule has 0 saturated heterocycles. The fraction of sp³-hybridized carbons (Fsp3) is 0.500. The molecular formula is C8H11Cl. The lowest BCUT2D eigenvalue weighted by molar-refractivity contribution is 0.834. The van der Waals surface area contributed by atoms with Crippen LogP contribution in [0.3, 0.4) is 0 Å². The Balaban J connectivity index is 3.47. The summed E-state index contributed by atoms with van der Waals surface area (Å²) in [6.07, 6.45) is 3.60. The molecule has 0 N–H and O–H groups in total. The van der Waals surface area contributed by atoms with Crippen molar-refractivity contribution < 1.29 is 0 Å². The van der Waals surface area contributed by atoms with Crippen LogP contribution in [-0.2, 0) is 0 Å². The van der Waals surface area contributed by atoms with Crippen LogP contribution in [0.15, 0.2) is 12.7 Å². The van der Waals surface area contributed by atoms with Crippen molar-refractivity contribution in [1.29, 1.82) is 0 Å². The van der Waals surface area contributed by atoms with Crippen molar-refractivity contribution in [2.45, 2.75) is 25.1 Å². The highest BCUT2D eigenvalue weighted by molar-refractivity contribution is 6.22. The van der Waals surface area contributed by atoms with Crippen molar-refractivity contribution in [3.63, 3.8) is 0 Å². The molecule has 0 bridgehead atoms. The normalized spacial score (nSPS) is 11.3. The maximum Gasteiger partial charge on any atom is 0.0946 e. The molecule has 1 heteroatoms. The Morgan fingerprint density at radius 3 is 2.89 bits per heavy atom. The van der Waals surface area contributed by atoms with Gasteiger partial charge in [-0.15, -0.1) is 11.6 Å². The van der Waals surface area contributed by atoms with Crippen LogP contribution in [0, 0.1) is 11.8 Å². The summed E-state index contributed by atoms with van der Waals surface area (Å²) in [4.78, 5) is 0. The molecule has 1 unspecified atom stereocenters. The Kier molecular flexibility index (Phi) is 5.46. The molecule has 0 aliphatic rings. The summed E-state index contributed by atoms with van der Waals surface area (Å²) in [5.41, 5.74) is 0. The molecule has 0 fully saturated rings. The number of alkyl halides is 1. The van der Waals surface area contributed by atoms with E-state index in [2.05, 4.69) is 25.3 Å². The first-order chi connectivity index (χ1) is 4.31. The van der Waals surface area contributed by atoms with E-state index >= 15 is 0 Å². The smallest absolute Gasteiger partial charge is 0.0946 e. The molecule has 0 spiro atoms. The van der Waals surface area contributed by atoms with Crippen LogP contribution < -0.4 is 0 Å². The van der Waals surface area contributed by atoms with Crippen LogP contribution in [0.1, 0.15) is 19.8 Å². The van der Waals surface area contributed by atoms with E-state index in [-0.39, 0.29) is 5.38 Å². The zero-order chi connectivity index (χ0) is 7.11. The van der Waals surface area contributed by atoms with E-state index in [9.17, 15) is 0 Å². The Bertz CT molecular complexity index is 127. The summed E-state index contributed by atoms with van der Waals surface area (Å²) < 4.78 is 0. The summed E-state index contributed by atoms with van der Waals surface area (Å²) in [5, 5.41) is 0.00741. The second kappa shape index (κ2) is 5.72. The van der Waals surface area contributed by atoms with Gasteiger partial charge in [0.15, 0.2) is 0 Å². The van der Waals surface area contributed by atoms with Crippen molar-refractivity contribution in [3.8, 4) is 11.8 Å². The summed E-state index contributed by atoms with van der Waals surface area (Å²) in [6.45, 7) is 5.55. The van der Waals surface area contributed by atoms with E-state index in [0.29, 0.717) is 0 Å². The largest absolute Gasteiger partial charge is 0.109 e. The second-order valence-electron chi connectivity index (χ2n) is 1.75. The molecule has 0 aromatic rings. The van der Waals surface area contributed by atoms with Crippen molar-refractivity contribution in [3.05, 3.63) is 12.7 Å². The van der Waals surface area contributed by atoms with Gasteiger partial charge in [0, 0.05) is 0 Å². The van der Waals surface area contributed by atoms with Crippen LogP contribution in [0.2, 0.25) is 0 Å². The first-order valence-corrected chi connectivity index (χ1v) is 3.51. The van der Waals surface area contributed by atoms with Crippen LogP contribution >= 0.6 is 11.6 Å². The minimum Gasteiger partial charge on any atom is -0.109 e. The average molecular weight is 143 g/mol. The highest BCUT2D eigenvalue weighted by atomic mass is 35.5. The predicted octanol–water partition coefficient (Wildman–Crippen LogP) is 2.58. The Hall–Kier alpha value is -0.410. The van der Waals surface area contributed by atoms with Gasteiger partial charge in [-0.25, -0.2) is 0 Å². The topological polar surface area (TPSA) is 0 Å². The van der Waals surface area contributed by atoms with Gasteiger partial charge in [-0.2, -0.15) is 0 Å². The summed E-state index contributed by atoms with van der Waals surface area (Å²) in [7, 11) is 0. The van der Waals surface area contributed by atoms with Crippen LogP contribution in [0.4, 0.5) is 0 Å². The number of hydrogen-bond donors (Lipinski definition) is 0. The third-order valence-electron chi connectivity index (χ3n) is 0.884. The lowest BCUT2D eigenvalue weighted by Crippen LogP contribution is -1.90. The van der Waals surface area contributed by atoms with Gasteiger partial charge in [0.25, 0.3) is 0 Å². The third-order valence-corrected chi connectivity index (χ3v) is 1.21. The molecule has 0 aromatic heterocycles. The maximum absolute atomic E-state index is 5.74. The molecule has 0 heterocycles. The Morgan fingerprint density at radius 1 is 1.78 bits per heavy atom. The summed E-state index contributed by atoms with van der Waals surface area (Å²) in [6, 6.07) is 0. The number of hydrogen-bond acceptors (Lipinski definition) is 0. The Morgan fingerprint density at radius 2 is 2.44 bits per heavy atom. The molecule has 9 heavy (non-hydrogen) atoms. The molecule has 0 saturated carbocycles. The SMILES string of the molecule is C=CC#CC(Cl)CCC. The minimum absolute atomic E-state index is 0.00741. The number of rotatable bonds is 2. The lowest BCUT2D eigenvalue weighted by Gasteiger charge is -1.94. The number of allylic oxidation sites excluding steroid dienone is 1. The van der Waals surface area contributed by atoms with Gasteiger partial charge in [0.2, 0.25) is 0 Å². The average Bonchev–Trinajstić information content (AvgIpc) is 1.85. The van der Waals surface area contributed by atoms with E-state index in [0.717, 1.165) is 12.8 Å². The Labute approximate surface area is 61.9 Å². The highest BCUT2D eigenvalue weighted by Gasteiger charge is 1.93. The monoisotopic (exact) mass is 142 g/mol. The quantitative estimate of drug-likeness (QED) is 0.411. The lowest BCUT2D eigenvalue weighted by atomic mass is 10.2. The van der Waals surface area contributed by atoms with Gasteiger partial charge in [0.05, 0.1) is 5.38 Å². The molecule has 1 atom stereocenters. The third kappa shape index (κ3) is 5.46. The second-order valence-corrected chi connectivity index (χ2v) is 2.28. The van der Waals surface area contributed by atoms with Gasteiger partial charge < -0.3 is 0 Å². The minimum atomic E-state index is 0.00741. The first-order valence-electron chi connectivity index (χ1n) is 3.07. The van der Waals surface area contributed by atoms with Gasteiger partial charge in [0.1, 0.15) is 0 Å². The van der Waals surface area contributed by atoms with Gasteiger partial charge >= 0.3 is 0 Å². The van der Waals surface area contributed by atoms with Crippen LogP contribution in [0.5, 0.6) is 0 Å². The zero-order valence-electron chi connectivity index (χ0n) is 5.65. The molecule has 0 aliphatic carbocycles. The molecule has 0 aromatic carbocycles. The van der Waals surface area contributed by atoms with Crippen molar-refractivity contribution >= 4 is 11.6 Å². The fourth-order valence-corrected chi connectivity index (χ4v) is 0.756. The van der Waals surface area contributed by atoms with Crippen molar-refractivity contribution in [2.24, 2.45) is 0 Å². The first kappa shape index (κ1) is 8.59. The molecular weight excluding hydrogens is 132 g/mol. The molecule has 0 radical (unpaired) electrons. The zero-order valence-corrected chi connectivity index (χ0v) is 6.41. The van der Waals surface area contributed by atoms with Gasteiger partial charge in [-0.3, -0.25) is 0 Å². The predicted molar refractivity (Wildman–Crippen MR) is 42.5 cm³/mol. The van der Waals surface area contributed by atoms with Crippen molar-refractivity contribution in [2.75, 3.05) is 0 Å². The van der Waals surface area contributed by atoms with Crippen molar-refractivity contribution in [1.82, 2.24) is 0 Å². The summed E-state index contributed by atoms with van der Waals surface area (Å²) >= 11 is 5.74. The molecule has 50 valence electrons. The maximum atomic E-state index is 5.74. The fourth-order valence-electron chi connectivity index (χ4n) is 0.475. The number of halogens is 1. The van der Waals surface area contributed by atoms with Crippen LogP contribution in [0.25, 0.3) is 0 Å². The van der Waals surface area contributed by atoms with E-state index in [1.807, 2.05) is 0 Å². The van der Waals surface area contributed by atoms with Crippen LogP contribution in [-0.4, -0.2) is 5.38 Å². The molecule has 0 nitrogen and oxygen atoms in total. The molecule has 0 amide bonds.